The predicted molar refractivity (Wildman–Crippen MR) is 147 cm³/mol. The monoisotopic (exact) mass is 557 g/mol. The van der Waals surface area contributed by atoms with Gasteiger partial charge in [-0.25, -0.2) is 18.6 Å². The van der Waals surface area contributed by atoms with Gasteiger partial charge in [-0.3, -0.25) is 9.59 Å². The number of amides is 4. The number of piperazine rings is 1. The number of urea groups is 1. The first kappa shape index (κ1) is 27.8. The van der Waals surface area contributed by atoms with Crippen LogP contribution in [0.2, 0.25) is 0 Å². The van der Waals surface area contributed by atoms with Gasteiger partial charge in [-0.15, -0.1) is 6.42 Å². The van der Waals surface area contributed by atoms with Gasteiger partial charge in [0.1, 0.15) is 23.8 Å². The Morgan fingerprint density at radius 1 is 0.976 bits per heavy atom. The standard InChI is InChI=1S/C31H29F2N5O3/c1-2-15-36-21-29(39)37-27(16-22-9-5-3-6-10-22)30(40)35(19-24-13-14-25(32)17-26(24)33)20-28(37)38(36)31(41)34-18-23-11-7-4-8-12-23/h1,3-14,17,27-28H,15-16,18-21H2,(H,34,41)/t27-,28-/m0/s1. The lowest BCUT2D eigenvalue weighted by Gasteiger charge is -2.55. The minimum Gasteiger partial charge on any atom is -0.333 e. The van der Waals surface area contributed by atoms with E-state index in [-0.39, 0.29) is 50.6 Å². The van der Waals surface area contributed by atoms with Gasteiger partial charge in [-0.2, -0.15) is 5.01 Å². The van der Waals surface area contributed by atoms with Crippen molar-refractivity contribution in [2.45, 2.75) is 31.7 Å². The Balaban J connectivity index is 1.50. The first-order valence-corrected chi connectivity index (χ1v) is 13.2. The maximum Gasteiger partial charge on any atom is 0.334 e. The zero-order chi connectivity index (χ0) is 28.9. The number of rotatable bonds is 7. The number of carbonyl (C=O) groups excluding carboxylic acids is 3. The van der Waals surface area contributed by atoms with Gasteiger partial charge in [0.25, 0.3) is 0 Å². The van der Waals surface area contributed by atoms with Gasteiger partial charge in [0.05, 0.1) is 19.6 Å². The lowest BCUT2D eigenvalue weighted by Crippen LogP contribution is -2.76. The molecule has 2 fully saturated rings. The highest BCUT2D eigenvalue weighted by Crippen LogP contribution is 2.29. The molecule has 0 unspecified atom stereocenters. The summed E-state index contributed by atoms with van der Waals surface area (Å²) in [7, 11) is 0. The smallest absolute Gasteiger partial charge is 0.333 e. The van der Waals surface area contributed by atoms with Crippen LogP contribution >= 0.6 is 0 Å². The summed E-state index contributed by atoms with van der Waals surface area (Å²) in [5.74, 6) is 0.250. The van der Waals surface area contributed by atoms with Crippen molar-refractivity contribution >= 4 is 17.8 Å². The number of nitrogens with zero attached hydrogens (tertiary/aromatic N) is 4. The van der Waals surface area contributed by atoms with E-state index < -0.39 is 35.8 Å². The van der Waals surface area contributed by atoms with Crippen LogP contribution in [0.1, 0.15) is 16.7 Å². The maximum atomic E-state index is 14.7. The van der Waals surface area contributed by atoms with E-state index in [1.807, 2.05) is 60.7 Å². The molecule has 0 saturated carbocycles. The highest BCUT2D eigenvalue weighted by Gasteiger charge is 2.51. The summed E-state index contributed by atoms with van der Waals surface area (Å²) in [5.41, 5.74) is 1.82. The Morgan fingerprint density at radius 3 is 2.32 bits per heavy atom. The highest BCUT2D eigenvalue weighted by molar-refractivity contribution is 5.91. The molecule has 3 aromatic rings. The number of terminal acetylenes is 1. The normalized spacial score (nSPS) is 19.1. The molecule has 4 amide bonds. The van der Waals surface area contributed by atoms with E-state index in [9.17, 15) is 23.2 Å². The molecule has 2 saturated heterocycles. The molecule has 0 spiro atoms. The summed E-state index contributed by atoms with van der Waals surface area (Å²) in [6, 6.07) is 20.3. The van der Waals surface area contributed by atoms with E-state index >= 15 is 0 Å². The van der Waals surface area contributed by atoms with E-state index in [1.165, 1.54) is 25.9 Å². The molecule has 0 bridgehead atoms. The Morgan fingerprint density at radius 2 is 1.66 bits per heavy atom. The van der Waals surface area contributed by atoms with Crippen molar-refractivity contribution in [3.8, 4) is 12.3 Å². The van der Waals surface area contributed by atoms with Gasteiger partial charge >= 0.3 is 6.03 Å². The summed E-state index contributed by atoms with van der Waals surface area (Å²) in [4.78, 5) is 44.0. The van der Waals surface area contributed by atoms with Crippen LogP contribution < -0.4 is 5.32 Å². The van der Waals surface area contributed by atoms with Gasteiger partial charge in [0, 0.05) is 31.1 Å². The molecular weight excluding hydrogens is 528 g/mol. The van der Waals surface area contributed by atoms with Crippen molar-refractivity contribution in [3.63, 3.8) is 0 Å². The van der Waals surface area contributed by atoms with Crippen LogP contribution in [0.25, 0.3) is 0 Å². The fourth-order valence-corrected chi connectivity index (χ4v) is 5.33. The second kappa shape index (κ2) is 12.2. The largest absolute Gasteiger partial charge is 0.334 e. The minimum absolute atomic E-state index is 0.0152. The summed E-state index contributed by atoms with van der Waals surface area (Å²) in [5, 5.41) is 5.77. The van der Waals surface area contributed by atoms with Crippen molar-refractivity contribution < 1.29 is 23.2 Å². The van der Waals surface area contributed by atoms with E-state index in [1.54, 1.807) is 0 Å². The summed E-state index contributed by atoms with van der Waals surface area (Å²) >= 11 is 0. The molecule has 3 aromatic carbocycles. The quantitative estimate of drug-likeness (QED) is 0.453. The molecule has 210 valence electrons. The second-order valence-electron chi connectivity index (χ2n) is 9.96. The van der Waals surface area contributed by atoms with E-state index in [4.69, 9.17) is 6.42 Å². The number of fused-ring (bicyclic) bond motifs is 1. The predicted octanol–water partition coefficient (Wildman–Crippen LogP) is 3.15. The topological polar surface area (TPSA) is 76.2 Å². The number of benzene rings is 3. The van der Waals surface area contributed by atoms with E-state index in [2.05, 4.69) is 11.2 Å². The maximum absolute atomic E-state index is 14.7. The van der Waals surface area contributed by atoms with Crippen LogP contribution in [0.4, 0.5) is 13.6 Å². The summed E-state index contributed by atoms with van der Waals surface area (Å²) < 4.78 is 28.2. The fourth-order valence-electron chi connectivity index (χ4n) is 5.33. The van der Waals surface area contributed by atoms with Crippen LogP contribution in [0.3, 0.4) is 0 Å². The SMILES string of the molecule is C#CCN1CC(=O)N2[C@@H](Cc3ccccc3)C(=O)N(Cc3ccc(F)cc3F)C[C@@H]2N1C(=O)NCc1ccccc1. The van der Waals surface area contributed by atoms with Gasteiger partial charge in [-0.1, -0.05) is 72.7 Å². The first-order chi connectivity index (χ1) is 19.9. The molecule has 2 aliphatic heterocycles. The van der Waals surface area contributed by atoms with E-state index in [0.717, 1.165) is 23.3 Å². The molecule has 0 radical (unpaired) electrons. The number of halogens is 2. The van der Waals surface area contributed by atoms with Gasteiger partial charge in [0.15, 0.2) is 0 Å². The van der Waals surface area contributed by atoms with Crippen molar-refractivity contribution in [1.29, 1.82) is 0 Å². The zero-order valence-corrected chi connectivity index (χ0v) is 22.2. The fraction of sp³-hybridized carbons (Fsp3) is 0.258. The molecule has 5 rings (SSSR count). The zero-order valence-electron chi connectivity index (χ0n) is 22.2. The average molecular weight is 558 g/mol. The molecule has 0 aliphatic carbocycles. The molecule has 41 heavy (non-hydrogen) atoms. The number of hydrogen-bond acceptors (Lipinski definition) is 4. The molecule has 2 atom stereocenters. The van der Waals surface area contributed by atoms with Gasteiger partial charge in [-0.05, 0) is 17.2 Å². The number of hydrazine groups is 1. The molecule has 1 N–H and O–H groups in total. The Labute approximate surface area is 237 Å². The molecule has 2 aliphatic rings. The second-order valence-corrected chi connectivity index (χ2v) is 9.96. The third kappa shape index (κ3) is 6.05. The third-order valence-electron chi connectivity index (χ3n) is 7.25. The van der Waals surface area contributed by atoms with Crippen LogP contribution in [0.15, 0.2) is 78.9 Å². The average Bonchev–Trinajstić information content (AvgIpc) is 2.96. The van der Waals surface area contributed by atoms with Crippen molar-refractivity contribution in [2.24, 2.45) is 0 Å². The highest BCUT2D eigenvalue weighted by atomic mass is 19.1. The van der Waals surface area contributed by atoms with Crippen molar-refractivity contribution in [1.82, 2.24) is 25.1 Å². The molecular formula is C31H29F2N5O3. The summed E-state index contributed by atoms with van der Waals surface area (Å²) in [6.45, 7) is -0.225. The van der Waals surface area contributed by atoms with Crippen LogP contribution in [-0.4, -0.2) is 69.5 Å². The van der Waals surface area contributed by atoms with Gasteiger partial charge < -0.3 is 15.1 Å². The molecule has 2 heterocycles. The first-order valence-electron chi connectivity index (χ1n) is 13.2. The van der Waals surface area contributed by atoms with Crippen LogP contribution in [0, 0.1) is 24.0 Å². The number of carbonyl (C=O) groups is 3. The number of hydrogen-bond donors (Lipinski definition) is 1. The van der Waals surface area contributed by atoms with E-state index in [0.29, 0.717) is 0 Å². The minimum atomic E-state index is -0.954. The molecule has 8 nitrogen and oxygen atoms in total. The molecule has 10 heteroatoms. The third-order valence-corrected chi connectivity index (χ3v) is 7.25. The summed E-state index contributed by atoms with van der Waals surface area (Å²) in [6.07, 6.45) is 4.88. The lowest BCUT2D eigenvalue weighted by atomic mass is 9.98. The van der Waals surface area contributed by atoms with Crippen LogP contribution in [0.5, 0.6) is 0 Å². The van der Waals surface area contributed by atoms with Crippen molar-refractivity contribution in [3.05, 3.63) is 107 Å². The van der Waals surface area contributed by atoms with Crippen LogP contribution in [-0.2, 0) is 29.1 Å². The van der Waals surface area contributed by atoms with Crippen molar-refractivity contribution in [2.75, 3.05) is 19.6 Å². The number of nitrogens with one attached hydrogen (secondary N) is 1. The molecule has 0 aromatic heterocycles. The van der Waals surface area contributed by atoms with Gasteiger partial charge in [0.2, 0.25) is 11.8 Å². The lowest BCUT2D eigenvalue weighted by molar-refractivity contribution is -0.189. The Hall–Kier alpha value is -4.75. The Kier molecular flexibility index (Phi) is 8.26. The Bertz CT molecular complexity index is 1460.